The summed E-state index contributed by atoms with van der Waals surface area (Å²) >= 11 is 0. The van der Waals surface area contributed by atoms with E-state index in [9.17, 15) is 14.9 Å². The maximum absolute atomic E-state index is 13.1. The van der Waals surface area contributed by atoms with Gasteiger partial charge in [-0.15, -0.1) is 0 Å². The second kappa shape index (κ2) is 11.4. The topological polar surface area (TPSA) is 110 Å². The molecule has 0 spiro atoms. The summed E-state index contributed by atoms with van der Waals surface area (Å²) in [7, 11) is 1.71. The zero-order valence-electron chi connectivity index (χ0n) is 22.0. The van der Waals surface area contributed by atoms with E-state index in [2.05, 4.69) is 45.5 Å². The molecule has 1 saturated heterocycles. The number of methoxy groups -OCH3 is 1. The number of rotatable bonds is 12. The van der Waals surface area contributed by atoms with Crippen molar-refractivity contribution in [1.82, 2.24) is 26.0 Å². The third-order valence-electron chi connectivity index (χ3n) is 7.74. The number of nitrogens with one attached hydrogen (secondary N) is 3. The second-order valence-electron chi connectivity index (χ2n) is 10.4. The molecule has 0 radical (unpaired) electrons. The molecule has 200 valence electrons. The summed E-state index contributed by atoms with van der Waals surface area (Å²) in [5, 5.41) is 18.3. The van der Waals surface area contributed by atoms with Crippen molar-refractivity contribution in [1.29, 1.82) is 5.26 Å². The molecule has 0 aromatic heterocycles. The molecule has 0 bridgehead atoms. The first-order valence-electron chi connectivity index (χ1n) is 13.5. The first kappa shape index (κ1) is 26.0. The number of carbonyl (C=O) groups excluding carboxylic acids is 2. The minimum absolute atomic E-state index is 0.0760. The van der Waals surface area contributed by atoms with Crippen LogP contribution in [0.1, 0.15) is 36.8 Å². The van der Waals surface area contributed by atoms with Gasteiger partial charge in [-0.1, -0.05) is 24.3 Å². The van der Waals surface area contributed by atoms with Gasteiger partial charge in [-0.25, -0.2) is 5.43 Å². The summed E-state index contributed by atoms with van der Waals surface area (Å²) in [6.07, 6.45) is 9.76. The van der Waals surface area contributed by atoms with Crippen molar-refractivity contribution in [2.75, 3.05) is 46.4 Å². The van der Waals surface area contributed by atoms with Crippen LogP contribution in [0.3, 0.4) is 0 Å². The van der Waals surface area contributed by atoms with Crippen molar-refractivity contribution in [2.45, 2.75) is 32.1 Å². The number of hydrogen-bond acceptors (Lipinski definition) is 8. The van der Waals surface area contributed by atoms with Gasteiger partial charge in [0.1, 0.15) is 11.2 Å². The zero-order valence-corrected chi connectivity index (χ0v) is 22.0. The first-order valence-corrected chi connectivity index (χ1v) is 13.5. The van der Waals surface area contributed by atoms with Gasteiger partial charge in [-0.3, -0.25) is 9.59 Å². The molecule has 38 heavy (non-hydrogen) atoms. The number of likely N-dealkylation sites (tertiary alicyclic amines) is 1. The van der Waals surface area contributed by atoms with Crippen LogP contribution in [-0.2, 0) is 20.7 Å². The van der Waals surface area contributed by atoms with Crippen molar-refractivity contribution >= 4 is 17.3 Å². The van der Waals surface area contributed by atoms with E-state index in [1.54, 1.807) is 12.0 Å². The molecule has 5 rings (SSSR count). The minimum Gasteiger partial charge on any atom is -0.385 e. The van der Waals surface area contributed by atoms with Crippen molar-refractivity contribution in [3.8, 4) is 6.07 Å². The molecular formula is C29H36N6O3. The molecule has 1 amide bonds. The van der Waals surface area contributed by atoms with Crippen LogP contribution in [0.25, 0.3) is 5.57 Å². The summed E-state index contributed by atoms with van der Waals surface area (Å²) in [5.74, 6) is 0.920. The number of allylic oxidation sites excluding steroid dienone is 1. The number of dihydropyridines is 1. The van der Waals surface area contributed by atoms with Gasteiger partial charge in [0.2, 0.25) is 5.91 Å². The standard InChI is InChI=1S/C29H36N6O3/c1-38-13-3-11-34-19-23(17-33-34)22-5-2-4-21(14-22)15-26(36)18-32-27-16-25(8-10-31-27)35-12-9-29(20-30,28(35)37)24-6-7-24/h2,4-5,8,14,16,19,24,31-33H,3,6-7,9-13,15,17-18H2,1H3. The van der Waals surface area contributed by atoms with E-state index in [0.717, 1.165) is 55.8 Å². The predicted molar refractivity (Wildman–Crippen MR) is 144 cm³/mol. The Kier molecular flexibility index (Phi) is 7.82. The van der Waals surface area contributed by atoms with E-state index < -0.39 is 5.41 Å². The summed E-state index contributed by atoms with van der Waals surface area (Å²) in [6, 6.07) is 10.5. The number of hydrogen-bond donors (Lipinski definition) is 3. The van der Waals surface area contributed by atoms with Crippen LogP contribution in [0.5, 0.6) is 0 Å². The second-order valence-corrected chi connectivity index (χ2v) is 10.4. The van der Waals surface area contributed by atoms with Crippen molar-refractivity contribution < 1.29 is 14.3 Å². The lowest BCUT2D eigenvalue weighted by Crippen LogP contribution is -2.38. The number of hydrazine groups is 1. The molecule has 1 unspecified atom stereocenters. The molecule has 4 aliphatic rings. The highest BCUT2D eigenvalue weighted by Gasteiger charge is 2.56. The van der Waals surface area contributed by atoms with Crippen molar-refractivity contribution in [2.24, 2.45) is 11.3 Å². The number of carbonyl (C=O) groups is 2. The number of Topliss-reactive ketones (excluding diaryl/α,β-unsaturated/α-hetero) is 1. The van der Waals surface area contributed by atoms with Gasteiger partial charge in [-0.05, 0) is 54.4 Å². The Morgan fingerprint density at radius 2 is 2.21 bits per heavy atom. The van der Waals surface area contributed by atoms with Crippen LogP contribution in [0, 0.1) is 22.7 Å². The van der Waals surface area contributed by atoms with Gasteiger partial charge in [0.05, 0.1) is 12.6 Å². The molecule has 2 fully saturated rings. The summed E-state index contributed by atoms with van der Waals surface area (Å²) in [6.45, 7) is 3.68. The van der Waals surface area contributed by atoms with Gasteiger partial charge in [0.15, 0.2) is 5.78 Å². The largest absolute Gasteiger partial charge is 0.385 e. The van der Waals surface area contributed by atoms with Crippen LogP contribution in [-0.4, -0.2) is 68.0 Å². The zero-order chi connectivity index (χ0) is 26.5. The summed E-state index contributed by atoms with van der Waals surface area (Å²) < 4.78 is 5.13. The Morgan fingerprint density at radius 3 is 3.00 bits per heavy atom. The minimum atomic E-state index is -0.857. The fourth-order valence-corrected chi connectivity index (χ4v) is 5.49. The van der Waals surface area contributed by atoms with E-state index in [-0.39, 0.29) is 24.2 Å². The first-order chi connectivity index (χ1) is 18.5. The van der Waals surface area contributed by atoms with Crippen LogP contribution < -0.4 is 16.1 Å². The Hall–Kier alpha value is -3.61. The van der Waals surface area contributed by atoms with Gasteiger partial charge < -0.3 is 25.3 Å². The van der Waals surface area contributed by atoms with E-state index >= 15 is 0 Å². The Morgan fingerprint density at radius 1 is 1.34 bits per heavy atom. The molecule has 9 nitrogen and oxygen atoms in total. The van der Waals surface area contributed by atoms with Crippen LogP contribution in [0.15, 0.2) is 54.1 Å². The van der Waals surface area contributed by atoms with E-state index in [0.29, 0.717) is 31.8 Å². The average molecular weight is 517 g/mol. The molecule has 1 aromatic carbocycles. The van der Waals surface area contributed by atoms with Gasteiger partial charge in [0.25, 0.3) is 0 Å². The van der Waals surface area contributed by atoms with Gasteiger partial charge in [-0.2, -0.15) is 5.26 Å². The fourth-order valence-electron chi connectivity index (χ4n) is 5.49. The number of nitrogens with zero attached hydrogens (tertiary/aromatic N) is 3. The fraction of sp³-hybridized carbons (Fsp3) is 0.483. The number of benzene rings is 1. The summed E-state index contributed by atoms with van der Waals surface area (Å²) in [4.78, 5) is 27.7. The molecule has 1 aliphatic carbocycles. The lowest BCUT2D eigenvalue weighted by atomic mass is 9.83. The maximum Gasteiger partial charge on any atom is 0.247 e. The Labute approximate surface area is 224 Å². The third-order valence-corrected chi connectivity index (χ3v) is 7.74. The molecule has 3 aliphatic heterocycles. The maximum atomic E-state index is 13.1. The van der Waals surface area contributed by atoms with E-state index in [1.807, 2.05) is 24.3 Å². The SMILES string of the molecule is COCCCN1C=C(c2cccc(CC(=O)CNC3=CC(N4CCC(C#N)(C5CC5)C4=O)=CCN3)c2)CN1. The van der Waals surface area contributed by atoms with E-state index in [4.69, 9.17) is 4.74 Å². The molecule has 3 heterocycles. The van der Waals surface area contributed by atoms with Crippen LogP contribution in [0.2, 0.25) is 0 Å². The molecule has 1 saturated carbocycles. The van der Waals surface area contributed by atoms with E-state index in [1.165, 1.54) is 5.57 Å². The normalized spacial score (nSPS) is 22.9. The molecule has 1 aromatic rings. The van der Waals surface area contributed by atoms with Crippen molar-refractivity contribution in [3.63, 3.8) is 0 Å². The number of amides is 1. The average Bonchev–Trinajstić information content (AvgIpc) is 3.58. The number of ketones is 1. The highest BCUT2D eigenvalue weighted by Crippen LogP contribution is 2.51. The quantitative estimate of drug-likeness (QED) is 0.362. The lowest BCUT2D eigenvalue weighted by molar-refractivity contribution is -0.132. The Bertz CT molecular complexity index is 1210. The monoisotopic (exact) mass is 516 g/mol. The molecule has 9 heteroatoms. The number of nitriles is 1. The molecule has 1 atom stereocenters. The predicted octanol–water partition coefficient (Wildman–Crippen LogP) is 2.07. The molecule has 3 N–H and O–H groups in total. The highest BCUT2D eigenvalue weighted by molar-refractivity contribution is 5.90. The van der Waals surface area contributed by atoms with Crippen molar-refractivity contribution in [3.05, 3.63) is 65.3 Å². The molecular weight excluding hydrogens is 480 g/mol. The van der Waals surface area contributed by atoms with Crippen LogP contribution in [0.4, 0.5) is 0 Å². The smallest absolute Gasteiger partial charge is 0.247 e. The number of ether oxygens (including phenoxy) is 1. The van der Waals surface area contributed by atoms with Crippen LogP contribution >= 0.6 is 0 Å². The highest BCUT2D eigenvalue weighted by atomic mass is 16.5. The van der Waals surface area contributed by atoms with Gasteiger partial charge in [0, 0.05) is 64.3 Å². The Balaban J connectivity index is 1.14. The summed E-state index contributed by atoms with van der Waals surface area (Å²) in [5.41, 5.74) is 6.61. The van der Waals surface area contributed by atoms with Gasteiger partial charge >= 0.3 is 0 Å². The lowest BCUT2D eigenvalue weighted by Gasteiger charge is -2.25. The third kappa shape index (κ3) is 5.62.